The fraction of sp³-hybridized carbons (Fsp3) is 0.550. The number of phenols is 1. The maximum Gasteiger partial charge on any atom is 0.214 e. The van der Waals surface area contributed by atoms with Gasteiger partial charge in [0, 0.05) is 11.5 Å². The summed E-state index contributed by atoms with van der Waals surface area (Å²) in [6.07, 6.45) is 1.31. The average Bonchev–Trinajstić information content (AvgIpc) is 2.52. The molecule has 0 aliphatic carbocycles. The van der Waals surface area contributed by atoms with Gasteiger partial charge in [0.15, 0.2) is 0 Å². The van der Waals surface area contributed by atoms with E-state index in [-0.39, 0.29) is 17.8 Å². The van der Waals surface area contributed by atoms with Gasteiger partial charge >= 0.3 is 0 Å². The van der Waals surface area contributed by atoms with Crippen LogP contribution in [-0.4, -0.2) is 21.3 Å². The maximum absolute atomic E-state index is 10.9. The first-order valence-electron chi connectivity index (χ1n) is 8.80. The molecule has 2 atom stereocenters. The van der Waals surface area contributed by atoms with E-state index in [1.807, 2.05) is 19.9 Å². The second-order valence-corrected chi connectivity index (χ2v) is 7.13. The number of pyridine rings is 1. The smallest absolute Gasteiger partial charge is 0.214 e. The molecule has 0 spiro atoms. The van der Waals surface area contributed by atoms with E-state index in [0.29, 0.717) is 17.3 Å². The molecule has 0 bridgehead atoms. The topological polar surface area (TPSA) is 62.6 Å². The van der Waals surface area contributed by atoms with Crippen LogP contribution in [0, 0.1) is 11.8 Å². The number of rotatable bonds is 7. The highest BCUT2D eigenvalue weighted by atomic mass is 16.5. The summed E-state index contributed by atoms with van der Waals surface area (Å²) in [6, 6.07) is 7.08. The quantitative estimate of drug-likeness (QED) is 0.762. The van der Waals surface area contributed by atoms with Gasteiger partial charge in [-0.2, -0.15) is 0 Å². The summed E-state index contributed by atoms with van der Waals surface area (Å²) in [7, 11) is 0. The van der Waals surface area contributed by atoms with Gasteiger partial charge < -0.3 is 14.9 Å². The summed E-state index contributed by atoms with van der Waals surface area (Å²) in [5.74, 6) is 1.29. The monoisotopic (exact) mass is 331 g/mol. The first-order chi connectivity index (χ1) is 11.3. The van der Waals surface area contributed by atoms with Gasteiger partial charge in [0.1, 0.15) is 11.3 Å². The molecule has 0 saturated carbocycles. The Kier molecular flexibility index (Phi) is 6.05. The molecule has 24 heavy (non-hydrogen) atoms. The van der Waals surface area contributed by atoms with E-state index in [1.165, 1.54) is 0 Å². The standard InChI is InChI=1S/C20H29NO3/c1-6-14(11-12(2)3)20(23)16-7-9-17(22)19-15(16)8-10-18(21-19)24-13(4)5/h7-10,12-14,20,22-23H,6,11H2,1-5H3. The van der Waals surface area contributed by atoms with Crippen molar-refractivity contribution in [3.05, 3.63) is 29.8 Å². The van der Waals surface area contributed by atoms with Crippen LogP contribution in [0.15, 0.2) is 24.3 Å². The SMILES string of the molecule is CCC(CC(C)C)C(O)c1ccc(O)c2nc(OC(C)C)ccc12. The molecule has 2 aromatic rings. The summed E-state index contributed by atoms with van der Waals surface area (Å²) in [6.45, 7) is 10.3. The number of fused-ring (bicyclic) bond motifs is 1. The molecule has 0 radical (unpaired) electrons. The molecule has 2 N–H and O–H groups in total. The van der Waals surface area contributed by atoms with Gasteiger partial charge in [0.25, 0.3) is 0 Å². The lowest BCUT2D eigenvalue weighted by Gasteiger charge is -2.25. The van der Waals surface area contributed by atoms with Crippen molar-refractivity contribution in [3.63, 3.8) is 0 Å². The Bertz CT molecular complexity index is 682. The minimum atomic E-state index is -0.570. The summed E-state index contributed by atoms with van der Waals surface area (Å²) in [4.78, 5) is 4.42. The van der Waals surface area contributed by atoms with Crippen molar-refractivity contribution in [2.45, 2.75) is 59.7 Å². The third-order valence-corrected chi connectivity index (χ3v) is 4.26. The second-order valence-electron chi connectivity index (χ2n) is 7.13. The van der Waals surface area contributed by atoms with Gasteiger partial charge in [-0.1, -0.05) is 33.3 Å². The van der Waals surface area contributed by atoms with Crippen molar-refractivity contribution < 1.29 is 14.9 Å². The van der Waals surface area contributed by atoms with Crippen LogP contribution in [0.3, 0.4) is 0 Å². The number of hydrogen-bond acceptors (Lipinski definition) is 4. The van der Waals surface area contributed by atoms with Crippen LogP contribution < -0.4 is 4.74 Å². The number of hydrogen-bond donors (Lipinski definition) is 2. The van der Waals surface area contributed by atoms with Crippen molar-refractivity contribution >= 4 is 10.9 Å². The molecule has 1 heterocycles. The number of phenolic OH excluding ortho intramolecular Hbond substituents is 1. The van der Waals surface area contributed by atoms with Crippen molar-refractivity contribution in [1.82, 2.24) is 4.98 Å². The molecule has 0 amide bonds. The fourth-order valence-corrected chi connectivity index (χ4v) is 3.15. The zero-order chi connectivity index (χ0) is 17.9. The molecule has 0 aliphatic rings. The predicted molar refractivity (Wildman–Crippen MR) is 97.4 cm³/mol. The van der Waals surface area contributed by atoms with Gasteiger partial charge in [0.2, 0.25) is 5.88 Å². The highest BCUT2D eigenvalue weighted by Crippen LogP contribution is 2.36. The van der Waals surface area contributed by atoms with Gasteiger partial charge in [0.05, 0.1) is 12.2 Å². The van der Waals surface area contributed by atoms with Crippen LogP contribution in [0.2, 0.25) is 0 Å². The largest absolute Gasteiger partial charge is 0.506 e. The van der Waals surface area contributed by atoms with Crippen LogP contribution in [0.1, 0.15) is 59.1 Å². The van der Waals surface area contributed by atoms with Crippen LogP contribution in [-0.2, 0) is 0 Å². The van der Waals surface area contributed by atoms with Crippen molar-refractivity contribution in [1.29, 1.82) is 0 Å². The molecule has 132 valence electrons. The second kappa shape index (κ2) is 7.84. The van der Waals surface area contributed by atoms with Gasteiger partial charge in [-0.15, -0.1) is 0 Å². The number of ether oxygens (including phenoxy) is 1. The summed E-state index contributed by atoms with van der Waals surface area (Å²) >= 11 is 0. The predicted octanol–water partition coefficient (Wildman–Crippen LogP) is 4.83. The average molecular weight is 331 g/mol. The molecule has 2 unspecified atom stereocenters. The zero-order valence-electron chi connectivity index (χ0n) is 15.3. The Labute approximate surface area is 144 Å². The third kappa shape index (κ3) is 4.18. The van der Waals surface area contributed by atoms with Gasteiger partial charge in [-0.3, -0.25) is 0 Å². The Hall–Kier alpha value is -1.81. The Morgan fingerprint density at radius 1 is 1.08 bits per heavy atom. The minimum Gasteiger partial charge on any atom is -0.506 e. The molecule has 4 nitrogen and oxygen atoms in total. The number of aliphatic hydroxyl groups is 1. The number of aliphatic hydroxyl groups excluding tert-OH is 1. The lowest BCUT2D eigenvalue weighted by molar-refractivity contribution is 0.0938. The molecule has 1 aromatic heterocycles. The minimum absolute atomic E-state index is 0.0152. The molecule has 0 saturated heterocycles. The lowest BCUT2D eigenvalue weighted by Crippen LogP contribution is -2.15. The normalized spacial score (nSPS) is 14.3. The van der Waals surface area contributed by atoms with E-state index in [0.717, 1.165) is 23.8 Å². The van der Waals surface area contributed by atoms with Crippen LogP contribution in [0.25, 0.3) is 10.9 Å². The molecule has 1 aromatic carbocycles. The van der Waals surface area contributed by atoms with Crippen molar-refractivity contribution in [3.8, 4) is 11.6 Å². The van der Waals surface area contributed by atoms with Crippen LogP contribution in [0.4, 0.5) is 0 Å². The number of aromatic hydroxyl groups is 1. The molecular formula is C20H29NO3. The summed E-state index contributed by atoms with van der Waals surface area (Å²) < 4.78 is 5.61. The molecular weight excluding hydrogens is 302 g/mol. The molecule has 2 rings (SSSR count). The highest BCUT2D eigenvalue weighted by molar-refractivity contribution is 5.88. The summed E-state index contributed by atoms with van der Waals surface area (Å²) in [5.41, 5.74) is 1.29. The van der Waals surface area contributed by atoms with Crippen molar-refractivity contribution in [2.75, 3.05) is 0 Å². The number of nitrogens with zero attached hydrogens (tertiary/aromatic N) is 1. The first-order valence-corrected chi connectivity index (χ1v) is 8.80. The molecule has 4 heteroatoms. The number of benzene rings is 1. The third-order valence-electron chi connectivity index (χ3n) is 4.26. The fourth-order valence-electron chi connectivity index (χ4n) is 3.15. The van der Waals surface area contributed by atoms with Crippen LogP contribution in [0.5, 0.6) is 11.6 Å². The van der Waals surface area contributed by atoms with Gasteiger partial charge in [-0.25, -0.2) is 4.98 Å². The van der Waals surface area contributed by atoms with Gasteiger partial charge in [-0.05, 0) is 49.8 Å². The van der Waals surface area contributed by atoms with E-state index in [4.69, 9.17) is 4.74 Å². The van der Waals surface area contributed by atoms with E-state index < -0.39 is 6.10 Å². The Morgan fingerprint density at radius 3 is 2.38 bits per heavy atom. The molecule has 0 aliphatic heterocycles. The van der Waals surface area contributed by atoms with E-state index >= 15 is 0 Å². The van der Waals surface area contributed by atoms with Crippen LogP contribution >= 0.6 is 0 Å². The summed E-state index contributed by atoms with van der Waals surface area (Å²) in [5, 5.41) is 21.8. The van der Waals surface area contributed by atoms with E-state index in [9.17, 15) is 10.2 Å². The zero-order valence-corrected chi connectivity index (χ0v) is 15.3. The van der Waals surface area contributed by atoms with E-state index in [2.05, 4.69) is 25.8 Å². The Morgan fingerprint density at radius 2 is 1.79 bits per heavy atom. The maximum atomic E-state index is 10.9. The highest BCUT2D eigenvalue weighted by Gasteiger charge is 2.23. The van der Waals surface area contributed by atoms with E-state index in [1.54, 1.807) is 18.2 Å². The Balaban J connectivity index is 2.45. The number of aromatic nitrogens is 1. The molecule has 0 fully saturated rings. The first kappa shape index (κ1) is 18.5. The van der Waals surface area contributed by atoms with Crippen molar-refractivity contribution in [2.24, 2.45) is 11.8 Å². The lowest BCUT2D eigenvalue weighted by atomic mass is 9.85.